The van der Waals surface area contributed by atoms with E-state index >= 15 is 0 Å². The Bertz CT molecular complexity index is 593. The lowest BCUT2D eigenvalue weighted by Gasteiger charge is -2.31. The van der Waals surface area contributed by atoms with E-state index in [2.05, 4.69) is 59.3 Å². The molecule has 0 amide bonds. The quantitative estimate of drug-likeness (QED) is 0.674. The molecule has 1 nitrogen and oxygen atoms in total. The summed E-state index contributed by atoms with van der Waals surface area (Å²) < 4.78 is 7.41. The van der Waals surface area contributed by atoms with Gasteiger partial charge in [0.15, 0.2) is 0 Å². The van der Waals surface area contributed by atoms with Gasteiger partial charge in [-0.1, -0.05) is 41.4 Å². The summed E-state index contributed by atoms with van der Waals surface area (Å²) >= 11 is 3.52. The van der Waals surface area contributed by atoms with Gasteiger partial charge in [0.1, 0.15) is 11.9 Å². The van der Waals surface area contributed by atoms with Crippen molar-refractivity contribution in [2.75, 3.05) is 0 Å². The monoisotopic (exact) mass is 332 g/mol. The number of hydrogen-bond donors (Lipinski definition) is 0. The minimum atomic E-state index is 0.404. The van der Waals surface area contributed by atoms with Gasteiger partial charge in [-0.3, -0.25) is 0 Å². The van der Waals surface area contributed by atoms with Crippen LogP contribution < -0.4 is 4.74 Å². The van der Waals surface area contributed by atoms with E-state index in [-0.39, 0.29) is 0 Å². The van der Waals surface area contributed by atoms with Crippen molar-refractivity contribution in [1.82, 2.24) is 0 Å². The lowest BCUT2D eigenvalue weighted by molar-refractivity contribution is 0.0905. The third kappa shape index (κ3) is 3.01. The highest BCUT2D eigenvalue weighted by Gasteiger charge is 2.25. The lowest BCUT2D eigenvalue weighted by Crippen LogP contribution is -2.29. The van der Waals surface area contributed by atoms with Crippen LogP contribution in [0.2, 0.25) is 0 Å². The summed E-state index contributed by atoms with van der Waals surface area (Å²) in [7, 11) is 0. The zero-order chi connectivity index (χ0) is 13.9. The maximum absolute atomic E-state index is 6.29. The summed E-state index contributed by atoms with van der Waals surface area (Å²) in [6.45, 7) is 2.28. The third-order valence-corrected chi connectivity index (χ3v) is 4.92. The minimum Gasteiger partial charge on any atom is -0.490 e. The molecule has 1 saturated carbocycles. The molecule has 0 N–H and O–H groups in total. The van der Waals surface area contributed by atoms with Gasteiger partial charge in [-0.15, -0.1) is 0 Å². The highest BCUT2D eigenvalue weighted by atomic mass is 79.9. The Morgan fingerprint density at radius 2 is 1.80 bits per heavy atom. The van der Waals surface area contributed by atoms with E-state index in [9.17, 15) is 0 Å². The molecule has 2 aromatic rings. The second-order valence-corrected chi connectivity index (χ2v) is 6.68. The Hall–Kier alpha value is -1.02. The van der Waals surface area contributed by atoms with Crippen molar-refractivity contribution in [2.24, 2.45) is 5.92 Å². The van der Waals surface area contributed by atoms with Gasteiger partial charge in [0.2, 0.25) is 0 Å². The van der Waals surface area contributed by atoms with Crippen molar-refractivity contribution in [1.29, 1.82) is 0 Å². The zero-order valence-corrected chi connectivity index (χ0v) is 13.5. The Balaban J connectivity index is 1.81. The molecule has 0 saturated heterocycles. The molecule has 0 aromatic heterocycles. The molecular weight excluding hydrogens is 312 g/mol. The van der Waals surface area contributed by atoms with Crippen LogP contribution in [0.5, 0.6) is 5.75 Å². The van der Waals surface area contributed by atoms with Crippen molar-refractivity contribution in [3.63, 3.8) is 0 Å². The predicted molar refractivity (Wildman–Crippen MR) is 88.3 cm³/mol. The number of ether oxygens (including phenoxy) is 1. The molecule has 2 unspecified atom stereocenters. The molecule has 0 heterocycles. The molecule has 0 radical (unpaired) electrons. The summed E-state index contributed by atoms with van der Waals surface area (Å²) in [5.41, 5.74) is 0. The number of benzene rings is 2. The molecule has 3 rings (SSSR count). The van der Waals surface area contributed by atoms with Crippen LogP contribution in [-0.2, 0) is 0 Å². The van der Waals surface area contributed by atoms with Crippen LogP contribution in [-0.4, -0.2) is 6.10 Å². The van der Waals surface area contributed by atoms with E-state index < -0.39 is 0 Å². The third-order valence-electron chi connectivity index (χ3n) is 4.42. The van der Waals surface area contributed by atoms with Crippen molar-refractivity contribution in [3.05, 3.63) is 40.9 Å². The summed E-state index contributed by atoms with van der Waals surface area (Å²) in [4.78, 5) is 0. The van der Waals surface area contributed by atoms with Gasteiger partial charge in [0.25, 0.3) is 0 Å². The maximum atomic E-state index is 6.29. The molecule has 2 aromatic carbocycles. The minimum absolute atomic E-state index is 0.404. The van der Waals surface area contributed by atoms with Gasteiger partial charge < -0.3 is 4.74 Å². The van der Waals surface area contributed by atoms with Gasteiger partial charge in [-0.25, -0.2) is 0 Å². The number of fused-ring (bicyclic) bond motifs is 1. The second-order valence-electron chi connectivity index (χ2n) is 5.76. The Labute approximate surface area is 129 Å². The van der Waals surface area contributed by atoms with E-state index in [0.717, 1.165) is 16.1 Å². The predicted octanol–water partition coefficient (Wildman–Crippen LogP) is 5.95. The van der Waals surface area contributed by atoms with E-state index in [1.165, 1.54) is 42.9 Å². The van der Waals surface area contributed by atoms with Crippen LogP contribution in [0.1, 0.15) is 39.0 Å². The Kier molecular flexibility index (Phi) is 4.30. The maximum Gasteiger partial charge on any atom is 0.120 e. The summed E-state index contributed by atoms with van der Waals surface area (Å²) in [6, 6.07) is 12.8. The van der Waals surface area contributed by atoms with Crippen LogP contribution in [0.15, 0.2) is 40.9 Å². The first-order valence-corrected chi connectivity index (χ1v) is 8.41. The molecule has 2 heteroatoms. The smallest absolute Gasteiger partial charge is 0.120 e. The Morgan fingerprint density at radius 3 is 2.65 bits per heavy atom. The van der Waals surface area contributed by atoms with Crippen molar-refractivity contribution < 1.29 is 4.74 Å². The van der Waals surface area contributed by atoms with E-state index in [1.54, 1.807) is 0 Å². The van der Waals surface area contributed by atoms with Crippen LogP contribution >= 0.6 is 15.9 Å². The van der Waals surface area contributed by atoms with Gasteiger partial charge in [-0.05, 0) is 66.6 Å². The fourth-order valence-corrected chi connectivity index (χ4v) is 3.62. The van der Waals surface area contributed by atoms with Crippen molar-refractivity contribution >= 4 is 26.7 Å². The topological polar surface area (TPSA) is 9.23 Å². The fraction of sp³-hybridized carbons (Fsp3) is 0.444. The SMILES string of the molecule is CCC1CCCCC1Oc1ccc2cc(Br)ccc2c1. The summed E-state index contributed by atoms with van der Waals surface area (Å²) in [5.74, 6) is 1.74. The molecular formula is C18H21BrO. The fourth-order valence-electron chi connectivity index (χ4n) is 3.24. The standard InChI is InChI=1S/C18H21BrO/c1-2-13-5-3-4-6-18(13)20-17-10-8-14-11-16(19)9-7-15(14)12-17/h7-13,18H,2-6H2,1H3. The van der Waals surface area contributed by atoms with Crippen LogP contribution in [0.25, 0.3) is 10.8 Å². The number of halogens is 1. The van der Waals surface area contributed by atoms with Gasteiger partial charge >= 0.3 is 0 Å². The second kappa shape index (κ2) is 6.17. The molecule has 0 spiro atoms. The summed E-state index contributed by atoms with van der Waals surface area (Å²) in [5, 5.41) is 2.50. The highest BCUT2D eigenvalue weighted by Crippen LogP contribution is 2.32. The molecule has 0 bridgehead atoms. The van der Waals surface area contributed by atoms with Gasteiger partial charge in [0, 0.05) is 4.47 Å². The Morgan fingerprint density at radius 1 is 1.05 bits per heavy atom. The average Bonchev–Trinajstić information content (AvgIpc) is 2.48. The van der Waals surface area contributed by atoms with E-state index in [1.807, 2.05) is 0 Å². The van der Waals surface area contributed by atoms with Gasteiger partial charge in [0.05, 0.1) is 0 Å². The van der Waals surface area contributed by atoms with Crippen molar-refractivity contribution in [2.45, 2.75) is 45.1 Å². The first kappa shape index (κ1) is 13.9. The largest absolute Gasteiger partial charge is 0.490 e. The number of hydrogen-bond acceptors (Lipinski definition) is 1. The lowest BCUT2D eigenvalue weighted by atomic mass is 9.85. The summed E-state index contributed by atoms with van der Waals surface area (Å²) in [6.07, 6.45) is 6.83. The van der Waals surface area contributed by atoms with E-state index in [4.69, 9.17) is 4.74 Å². The number of rotatable bonds is 3. The molecule has 20 heavy (non-hydrogen) atoms. The first-order valence-electron chi connectivity index (χ1n) is 7.62. The molecule has 0 aliphatic heterocycles. The van der Waals surface area contributed by atoms with Gasteiger partial charge in [-0.2, -0.15) is 0 Å². The van der Waals surface area contributed by atoms with Crippen LogP contribution in [0.4, 0.5) is 0 Å². The molecule has 1 aliphatic rings. The van der Waals surface area contributed by atoms with Crippen LogP contribution in [0.3, 0.4) is 0 Å². The highest BCUT2D eigenvalue weighted by molar-refractivity contribution is 9.10. The van der Waals surface area contributed by atoms with E-state index in [0.29, 0.717) is 6.10 Å². The molecule has 1 aliphatic carbocycles. The van der Waals surface area contributed by atoms with Crippen LogP contribution in [0, 0.1) is 5.92 Å². The average molecular weight is 333 g/mol. The first-order chi connectivity index (χ1) is 9.76. The molecule has 1 fully saturated rings. The van der Waals surface area contributed by atoms with Crippen molar-refractivity contribution in [3.8, 4) is 5.75 Å². The normalized spacial score (nSPS) is 22.9. The molecule has 106 valence electrons. The zero-order valence-electron chi connectivity index (χ0n) is 11.9. The molecule has 2 atom stereocenters.